The van der Waals surface area contributed by atoms with Crippen molar-refractivity contribution in [1.82, 2.24) is 15.0 Å². The van der Waals surface area contributed by atoms with Gasteiger partial charge < -0.3 is 23.7 Å². The molecule has 0 radical (unpaired) electrons. The lowest BCUT2D eigenvalue weighted by atomic mass is 9.96. The van der Waals surface area contributed by atoms with E-state index in [1.165, 1.54) is 31.6 Å². The molecule has 38 heavy (non-hydrogen) atoms. The first kappa shape index (κ1) is 29.7. The van der Waals surface area contributed by atoms with E-state index in [1.807, 2.05) is 0 Å². The van der Waals surface area contributed by atoms with Crippen molar-refractivity contribution in [2.75, 3.05) is 13.2 Å². The SMILES string of the molecule is CCOC(=O)c1cn([C@@H]2[C@@H](OC(C)=O)[C@@H](Sc3ccc(Cl)c(Cl)c3)O[C@H](COC(C)=O)[C@@H]2OC(C)=O)nn1. The van der Waals surface area contributed by atoms with Gasteiger partial charge >= 0.3 is 23.9 Å². The van der Waals surface area contributed by atoms with Gasteiger partial charge in [-0.05, 0) is 25.1 Å². The number of halogens is 2. The molecule has 0 N–H and O–H groups in total. The highest BCUT2D eigenvalue weighted by atomic mass is 35.5. The lowest BCUT2D eigenvalue weighted by molar-refractivity contribution is -0.212. The molecule has 1 saturated heterocycles. The van der Waals surface area contributed by atoms with Crippen molar-refractivity contribution in [2.24, 2.45) is 0 Å². The van der Waals surface area contributed by atoms with Gasteiger partial charge in [-0.1, -0.05) is 40.2 Å². The number of benzene rings is 1. The standard InChI is InChI=1S/C23H25Cl2N3O9S/c1-5-33-22(32)17-9-28(27-26-17)19-20(35-12(3)30)18(10-34-11(2)29)37-23(21(19)36-13(4)31)38-14-6-7-15(24)16(25)8-14/h6-9,18-21,23H,5,10H2,1-4H3/t18-,19+,20+,21-,23-/m1/s1. The Kier molecular flexibility index (Phi) is 10.4. The molecule has 0 amide bonds. The molecular formula is C23H25Cl2N3O9S. The highest BCUT2D eigenvalue weighted by Crippen LogP contribution is 2.42. The van der Waals surface area contributed by atoms with Crippen LogP contribution in [0.4, 0.5) is 0 Å². The number of hydrogen-bond donors (Lipinski definition) is 0. The van der Waals surface area contributed by atoms with E-state index in [2.05, 4.69) is 10.3 Å². The van der Waals surface area contributed by atoms with Gasteiger partial charge in [0.25, 0.3) is 0 Å². The number of nitrogens with zero attached hydrogens (tertiary/aromatic N) is 3. The maximum absolute atomic E-state index is 12.2. The summed E-state index contributed by atoms with van der Waals surface area (Å²) < 4.78 is 28.8. The van der Waals surface area contributed by atoms with Gasteiger partial charge in [0.1, 0.15) is 24.2 Å². The number of carbonyl (C=O) groups is 4. The molecule has 5 atom stereocenters. The predicted octanol–water partition coefficient (Wildman–Crippen LogP) is 3.25. The third-order valence-corrected chi connectivity index (χ3v) is 6.99. The van der Waals surface area contributed by atoms with E-state index in [0.717, 1.165) is 11.8 Å². The Morgan fingerprint density at radius 3 is 2.29 bits per heavy atom. The van der Waals surface area contributed by atoms with Crippen LogP contribution in [0.15, 0.2) is 29.3 Å². The zero-order valence-corrected chi connectivity index (χ0v) is 23.1. The van der Waals surface area contributed by atoms with Crippen LogP contribution < -0.4 is 0 Å². The molecular weight excluding hydrogens is 565 g/mol. The summed E-state index contributed by atoms with van der Waals surface area (Å²) in [6.45, 7) is 5.06. The van der Waals surface area contributed by atoms with Gasteiger partial charge in [-0.25, -0.2) is 9.48 Å². The van der Waals surface area contributed by atoms with Gasteiger partial charge in [0.05, 0.1) is 22.8 Å². The van der Waals surface area contributed by atoms with E-state index < -0.39 is 53.7 Å². The lowest BCUT2D eigenvalue weighted by Gasteiger charge is -2.44. The van der Waals surface area contributed by atoms with E-state index in [1.54, 1.807) is 25.1 Å². The maximum Gasteiger partial charge on any atom is 0.360 e. The fraction of sp³-hybridized carbons (Fsp3) is 0.478. The first-order valence-electron chi connectivity index (χ1n) is 11.3. The molecule has 2 heterocycles. The zero-order valence-electron chi connectivity index (χ0n) is 20.8. The molecule has 3 rings (SSSR count). The molecule has 0 unspecified atom stereocenters. The van der Waals surface area contributed by atoms with Crippen molar-refractivity contribution >= 4 is 58.8 Å². The van der Waals surface area contributed by atoms with Crippen LogP contribution in [0.5, 0.6) is 0 Å². The van der Waals surface area contributed by atoms with Gasteiger partial charge in [0, 0.05) is 25.7 Å². The average Bonchev–Trinajstić information content (AvgIpc) is 3.31. The quantitative estimate of drug-likeness (QED) is 0.312. The molecule has 2 aromatic rings. The van der Waals surface area contributed by atoms with Crippen molar-refractivity contribution in [3.8, 4) is 0 Å². The number of thioether (sulfide) groups is 1. The second-order valence-electron chi connectivity index (χ2n) is 7.98. The molecule has 1 fully saturated rings. The summed E-state index contributed by atoms with van der Waals surface area (Å²) in [5.41, 5.74) is -1.06. The third-order valence-electron chi connectivity index (χ3n) is 5.12. The number of ether oxygens (including phenoxy) is 5. The van der Waals surface area contributed by atoms with Crippen LogP contribution in [0.2, 0.25) is 10.0 Å². The van der Waals surface area contributed by atoms with Crippen LogP contribution >= 0.6 is 35.0 Å². The monoisotopic (exact) mass is 589 g/mol. The first-order valence-corrected chi connectivity index (χ1v) is 13.0. The number of esters is 4. The Morgan fingerprint density at radius 2 is 1.68 bits per heavy atom. The molecule has 12 nitrogen and oxygen atoms in total. The van der Waals surface area contributed by atoms with Crippen molar-refractivity contribution in [1.29, 1.82) is 0 Å². The van der Waals surface area contributed by atoms with Gasteiger partial charge in [-0.3, -0.25) is 14.4 Å². The molecule has 1 aromatic carbocycles. The van der Waals surface area contributed by atoms with Crippen LogP contribution in [0.3, 0.4) is 0 Å². The number of aromatic nitrogens is 3. The Bertz CT molecular complexity index is 1190. The lowest BCUT2D eigenvalue weighted by Crippen LogP contribution is -2.57. The summed E-state index contributed by atoms with van der Waals surface area (Å²) in [7, 11) is 0. The largest absolute Gasteiger partial charge is 0.463 e. The molecule has 0 aliphatic carbocycles. The molecule has 1 aliphatic heterocycles. The Morgan fingerprint density at radius 1 is 1.00 bits per heavy atom. The van der Waals surface area contributed by atoms with Gasteiger partial charge in [0.2, 0.25) is 0 Å². The molecule has 0 bridgehead atoms. The van der Waals surface area contributed by atoms with Crippen LogP contribution in [-0.4, -0.2) is 75.8 Å². The highest BCUT2D eigenvalue weighted by Gasteiger charge is 2.52. The summed E-state index contributed by atoms with van der Waals surface area (Å²) in [5.74, 6) is -2.65. The molecule has 206 valence electrons. The molecule has 0 spiro atoms. The summed E-state index contributed by atoms with van der Waals surface area (Å²) in [6.07, 6.45) is -2.03. The van der Waals surface area contributed by atoms with E-state index in [9.17, 15) is 19.2 Å². The highest BCUT2D eigenvalue weighted by molar-refractivity contribution is 7.99. The molecule has 15 heteroatoms. The topological polar surface area (TPSA) is 145 Å². The number of hydrogen-bond acceptors (Lipinski definition) is 12. The van der Waals surface area contributed by atoms with Crippen LogP contribution in [0.1, 0.15) is 44.2 Å². The zero-order chi connectivity index (χ0) is 28.0. The normalized spacial score (nSPS) is 22.8. The Balaban J connectivity index is 2.10. The van der Waals surface area contributed by atoms with Crippen LogP contribution in [0, 0.1) is 0 Å². The second kappa shape index (κ2) is 13.3. The third kappa shape index (κ3) is 7.59. The summed E-state index contributed by atoms with van der Waals surface area (Å²) in [6, 6.07) is 3.84. The van der Waals surface area contributed by atoms with E-state index in [4.69, 9.17) is 46.9 Å². The molecule has 1 aromatic heterocycles. The average molecular weight is 590 g/mol. The number of rotatable bonds is 9. The molecule has 0 saturated carbocycles. The second-order valence-corrected chi connectivity index (χ2v) is 9.97. The van der Waals surface area contributed by atoms with Gasteiger partial charge in [0.15, 0.2) is 17.9 Å². The Labute approximate surface area is 232 Å². The minimum Gasteiger partial charge on any atom is -0.463 e. The minimum atomic E-state index is -1.17. The summed E-state index contributed by atoms with van der Waals surface area (Å²) in [5, 5.41) is 8.52. The number of carbonyl (C=O) groups excluding carboxylic acids is 4. The fourth-order valence-corrected chi connectivity index (χ4v) is 5.20. The van der Waals surface area contributed by atoms with Gasteiger partial charge in [-0.2, -0.15) is 0 Å². The summed E-state index contributed by atoms with van der Waals surface area (Å²) >= 11 is 13.4. The smallest absolute Gasteiger partial charge is 0.360 e. The Hall–Kier alpha value is -2.87. The minimum absolute atomic E-state index is 0.113. The van der Waals surface area contributed by atoms with Crippen molar-refractivity contribution < 1.29 is 42.9 Å². The fourth-order valence-electron chi connectivity index (χ4n) is 3.68. The maximum atomic E-state index is 12.2. The van der Waals surface area contributed by atoms with Crippen molar-refractivity contribution in [2.45, 2.75) is 62.4 Å². The van der Waals surface area contributed by atoms with Crippen molar-refractivity contribution in [3.63, 3.8) is 0 Å². The van der Waals surface area contributed by atoms with Gasteiger partial charge in [-0.15, -0.1) is 5.10 Å². The first-order chi connectivity index (χ1) is 18.0. The van der Waals surface area contributed by atoms with Crippen molar-refractivity contribution in [3.05, 3.63) is 40.1 Å². The predicted molar refractivity (Wildman–Crippen MR) is 134 cm³/mol. The molecule has 1 aliphatic rings. The van der Waals surface area contributed by atoms with Crippen LogP contribution in [0.25, 0.3) is 0 Å². The summed E-state index contributed by atoms with van der Waals surface area (Å²) in [4.78, 5) is 48.7. The van der Waals surface area contributed by atoms with E-state index in [0.29, 0.717) is 9.92 Å². The van der Waals surface area contributed by atoms with Crippen LogP contribution in [-0.2, 0) is 38.1 Å². The van der Waals surface area contributed by atoms with E-state index >= 15 is 0 Å². The van der Waals surface area contributed by atoms with E-state index in [-0.39, 0.29) is 23.9 Å².